The van der Waals surface area contributed by atoms with Gasteiger partial charge in [-0.1, -0.05) is 19.3 Å². The number of ether oxygens (including phenoxy) is 1. The highest BCUT2D eigenvalue weighted by Crippen LogP contribution is 2.31. The Bertz CT molecular complexity index is 664. The number of amides is 1. The lowest BCUT2D eigenvalue weighted by Crippen LogP contribution is -2.46. The Labute approximate surface area is 162 Å². The Kier molecular flexibility index (Phi) is 5.62. The minimum Gasteiger partial charge on any atom is -0.372 e. The summed E-state index contributed by atoms with van der Waals surface area (Å²) in [6.07, 6.45) is 11.1. The van der Waals surface area contributed by atoms with Gasteiger partial charge in [-0.25, -0.2) is 9.97 Å². The quantitative estimate of drug-likeness (QED) is 0.883. The zero-order valence-electron chi connectivity index (χ0n) is 16.6. The molecule has 1 N–H and O–H groups in total. The van der Waals surface area contributed by atoms with Crippen LogP contribution in [-0.2, 0) is 16.0 Å². The molecule has 2 heterocycles. The van der Waals surface area contributed by atoms with E-state index in [9.17, 15) is 4.79 Å². The van der Waals surface area contributed by atoms with Gasteiger partial charge in [0.15, 0.2) is 0 Å². The molecule has 4 rings (SSSR count). The second-order valence-corrected chi connectivity index (χ2v) is 8.52. The van der Waals surface area contributed by atoms with Crippen molar-refractivity contribution in [2.75, 3.05) is 18.0 Å². The molecule has 1 saturated carbocycles. The van der Waals surface area contributed by atoms with Crippen LogP contribution < -0.4 is 10.2 Å². The molecule has 0 bridgehead atoms. The standard InChI is InChI=1S/C21H32N4O2/c1-14-12-25(13-15(2)27-14)21-22-11-17-18(9-6-10-19(17)24-21)23-20(26)16-7-4-3-5-8-16/h11,14-16,18H,3-10,12-13H2,1-2H3,(H,23,26)/t14-,15+,18-/m1/s1. The van der Waals surface area contributed by atoms with Crippen LogP contribution in [0.15, 0.2) is 6.20 Å². The van der Waals surface area contributed by atoms with E-state index in [0.717, 1.165) is 62.4 Å². The molecule has 0 spiro atoms. The predicted octanol–water partition coefficient (Wildman–Crippen LogP) is 3.16. The zero-order chi connectivity index (χ0) is 18.8. The van der Waals surface area contributed by atoms with Crippen molar-refractivity contribution >= 4 is 11.9 Å². The van der Waals surface area contributed by atoms with Crippen molar-refractivity contribution in [3.8, 4) is 0 Å². The second kappa shape index (κ2) is 8.13. The largest absolute Gasteiger partial charge is 0.372 e. The van der Waals surface area contributed by atoms with E-state index in [1.807, 2.05) is 6.20 Å². The molecule has 0 aromatic carbocycles. The number of aromatic nitrogens is 2. The van der Waals surface area contributed by atoms with E-state index in [4.69, 9.17) is 9.72 Å². The summed E-state index contributed by atoms with van der Waals surface area (Å²) in [5.74, 6) is 1.23. The maximum absolute atomic E-state index is 12.7. The molecule has 6 heteroatoms. The molecule has 2 aliphatic carbocycles. The predicted molar refractivity (Wildman–Crippen MR) is 105 cm³/mol. The third kappa shape index (κ3) is 4.26. The number of fused-ring (bicyclic) bond motifs is 1. The van der Waals surface area contributed by atoms with Crippen molar-refractivity contribution in [2.45, 2.75) is 83.5 Å². The Balaban J connectivity index is 1.47. The highest BCUT2D eigenvalue weighted by atomic mass is 16.5. The molecule has 1 aromatic heterocycles. The van der Waals surface area contributed by atoms with Crippen molar-refractivity contribution in [3.63, 3.8) is 0 Å². The minimum absolute atomic E-state index is 0.0692. The number of nitrogens with one attached hydrogen (secondary N) is 1. The van der Waals surface area contributed by atoms with Gasteiger partial charge in [-0.05, 0) is 46.0 Å². The van der Waals surface area contributed by atoms with Gasteiger partial charge in [-0.2, -0.15) is 0 Å². The third-order valence-electron chi connectivity index (χ3n) is 6.16. The normalized spacial score (nSPS) is 29.3. The molecule has 27 heavy (non-hydrogen) atoms. The van der Waals surface area contributed by atoms with Gasteiger partial charge in [-0.15, -0.1) is 0 Å². The van der Waals surface area contributed by atoms with Crippen molar-refractivity contribution < 1.29 is 9.53 Å². The first kappa shape index (κ1) is 18.7. The fourth-order valence-electron chi connectivity index (χ4n) is 4.83. The lowest BCUT2D eigenvalue weighted by atomic mass is 9.87. The van der Waals surface area contributed by atoms with Gasteiger partial charge < -0.3 is 15.0 Å². The fraction of sp³-hybridized carbons (Fsp3) is 0.762. The van der Waals surface area contributed by atoms with Crippen LogP contribution in [0.3, 0.4) is 0 Å². The van der Waals surface area contributed by atoms with Crippen molar-refractivity contribution in [1.29, 1.82) is 0 Å². The van der Waals surface area contributed by atoms with E-state index >= 15 is 0 Å². The van der Waals surface area contributed by atoms with Gasteiger partial charge in [0.2, 0.25) is 11.9 Å². The van der Waals surface area contributed by atoms with Crippen LogP contribution in [0.2, 0.25) is 0 Å². The zero-order valence-corrected chi connectivity index (χ0v) is 16.6. The summed E-state index contributed by atoms with van der Waals surface area (Å²) in [6.45, 7) is 5.84. The van der Waals surface area contributed by atoms with Crippen LogP contribution in [0.5, 0.6) is 0 Å². The van der Waals surface area contributed by atoms with Gasteiger partial charge in [0.25, 0.3) is 0 Å². The van der Waals surface area contributed by atoms with Gasteiger partial charge in [0, 0.05) is 30.8 Å². The van der Waals surface area contributed by atoms with Crippen molar-refractivity contribution in [1.82, 2.24) is 15.3 Å². The molecule has 1 amide bonds. The number of morpholine rings is 1. The van der Waals surface area contributed by atoms with Crippen molar-refractivity contribution in [2.24, 2.45) is 5.92 Å². The Morgan fingerprint density at radius 1 is 1.11 bits per heavy atom. The van der Waals surface area contributed by atoms with Gasteiger partial charge >= 0.3 is 0 Å². The molecule has 0 unspecified atom stereocenters. The summed E-state index contributed by atoms with van der Waals surface area (Å²) in [4.78, 5) is 24.5. The number of anilines is 1. The van der Waals surface area contributed by atoms with E-state index < -0.39 is 0 Å². The Hall–Kier alpha value is -1.69. The molecular formula is C21H32N4O2. The van der Waals surface area contributed by atoms with Crippen molar-refractivity contribution in [3.05, 3.63) is 17.5 Å². The van der Waals surface area contributed by atoms with E-state index in [1.54, 1.807) is 0 Å². The van der Waals surface area contributed by atoms with Gasteiger partial charge in [0.05, 0.1) is 23.9 Å². The lowest BCUT2D eigenvalue weighted by molar-refractivity contribution is -0.126. The number of carbonyl (C=O) groups excluding carboxylic acids is 1. The minimum atomic E-state index is 0.0692. The molecule has 6 nitrogen and oxygen atoms in total. The first-order chi connectivity index (χ1) is 13.1. The summed E-state index contributed by atoms with van der Waals surface area (Å²) >= 11 is 0. The average molecular weight is 373 g/mol. The number of hydrogen-bond donors (Lipinski definition) is 1. The highest BCUT2D eigenvalue weighted by Gasteiger charge is 2.29. The summed E-state index contributed by atoms with van der Waals surface area (Å²) in [5, 5.41) is 3.31. The Morgan fingerprint density at radius 3 is 2.59 bits per heavy atom. The topological polar surface area (TPSA) is 67.4 Å². The van der Waals surface area contributed by atoms with Crippen LogP contribution >= 0.6 is 0 Å². The molecule has 3 atom stereocenters. The number of rotatable bonds is 3. The van der Waals surface area contributed by atoms with Crippen LogP contribution in [0, 0.1) is 5.92 Å². The SMILES string of the molecule is C[C@@H]1CN(c2ncc3c(n2)CCC[C@H]3NC(=O)C2CCCCC2)C[C@H](C)O1. The van der Waals surface area contributed by atoms with Crippen LogP contribution in [0.4, 0.5) is 5.95 Å². The van der Waals surface area contributed by atoms with E-state index in [2.05, 4.69) is 29.0 Å². The summed E-state index contributed by atoms with van der Waals surface area (Å²) in [6, 6.07) is 0.0692. The van der Waals surface area contributed by atoms with Crippen LogP contribution in [-0.4, -0.2) is 41.2 Å². The number of aryl methyl sites for hydroxylation is 1. The Morgan fingerprint density at radius 2 is 1.85 bits per heavy atom. The van der Waals surface area contributed by atoms with Gasteiger partial charge in [-0.3, -0.25) is 4.79 Å². The molecule has 1 aromatic rings. The number of hydrogen-bond acceptors (Lipinski definition) is 5. The van der Waals surface area contributed by atoms with E-state index in [0.29, 0.717) is 0 Å². The first-order valence-electron chi connectivity index (χ1n) is 10.7. The number of carbonyl (C=O) groups is 1. The summed E-state index contributed by atoms with van der Waals surface area (Å²) in [7, 11) is 0. The maximum atomic E-state index is 12.7. The van der Waals surface area contributed by atoms with Gasteiger partial charge in [0.1, 0.15) is 0 Å². The summed E-state index contributed by atoms with van der Waals surface area (Å²) in [5.41, 5.74) is 2.22. The fourth-order valence-corrected chi connectivity index (χ4v) is 4.83. The second-order valence-electron chi connectivity index (χ2n) is 8.52. The number of nitrogens with zero attached hydrogens (tertiary/aromatic N) is 3. The highest BCUT2D eigenvalue weighted by molar-refractivity contribution is 5.79. The molecule has 3 aliphatic rings. The molecule has 0 radical (unpaired) electrons. The van der Waals surface area contributed by atoms with E-state index in [1.165, 1.54) is 19.3 Å². The summed E-state index contributed by atoms with van der Waals surface area (Å²) < 4.78 is 5.82. The van der Waals surface area contributed by atoms with E-state index in [-0.39, 0.29) is 30.1 Å². The molecule has 148 valence electrons. The third-order valence-corrected chi connectivity index (χ3v) is 6.16. The maximum Gasteiger partial charge on any atom is 0.225 e. The average Bonchev–Trinajstić information content (AvgIpc) is 2.68. The molecule has 2 fully saturated rings. The van der Waals surface area contributed by atoms with Crippen LogP contribution in [0.1, 0.15) is 76.1 Å². The molecular weight excluding hydrogens is 340 g/mol. The molecule has 1 aliphatic heterocycles. The smallest absolute Gasteiger partial charge is 0.225 e. The molecule has 1 saturated heterocycles. The lowest BCUT2D eigenvalue weighted by Gasteiger charge is -2.36. The first-order valence-corrected chi connectivity index (χ1v) is 10.7. The van der Waals surface area contributed by atoms with Crippen LogP contribution in [0.25, 0.3) is 0 Å². The monoisotopic (exact) mass is 372 g/mol.